The van der Waals surface area contributed by atoms with Crippen molar-refractivity contribution in [3.8, 4) is 17.6 Å². The van der Waals surface area contributed by atoms with Crippen LogP contribution in [0, 0.1) is 11.3 Å². The Morgan fingerprint density at radius 3 is 2.62 bits per heavy atom. The number of aromatic nitrogens is 1. The lowest BCUT2D eigenvalue weighted by molar-refractivity contribution is -0.118. The van der Waals surface area contributed by atoms with Crippen LogP contribution in [0.5, 0.6) is 11.5 Å². The molecule has 0 radical (unpaired) electrons. The van der Waals surface area contributed by atoms with Gasteiger partial charge in [0.2, 0.25) is 0 Å². The van der Waals surface area contributed by atoms with E-state index in [0.29, 0.717) is 5.56 Å². The number of hydrogen-bond donors (Lipinski definition) is 3. The number of carbonyl (C=O) groups excluding carboxylic acids is 1. The van der Waals surface area contributed by atoms with Crippen LogP contribution in [0.25, 0.3) is 6.08 Å². The van der Waals surface area contributed by atoms with Crippen molar-refractivity contribution in [2.45, 2.75) is 19.4 Å². The van der Waals surface area contributed by atoms with E-state index in [0.717, 1.165) is 5.56 Å². The highest BCUT2D eigenvalue weighted by atomic mass is 16.3. The lowest BCUT2D eigenvalue weighted by Gasteiger charge is -2.26. The second-order valence-electron chi connectivity index (χ2n) is 5.74. The molecule has 0 spiro atoms. The van der Waals surface area contributed by atoms with E-state index < -0.39 is 11.4 Å². The fourth-order valence-electron chi connectivity index (χ4n) is 2.10. The van der Waals surface area contributed by atoms with E-state index in [9.17, 15) is 20.3 Å². The molecule has 1 amide bonds. The zero-order valence-corrected chi connectivity index (χ0v) is 13.3. The van der Waals surface area contributed by atoms with Crippen molar-refractivity contribution < 1.29 is 15.0 Å². The molecular formula is C18H17N3O3. The van der Waals surface area contributed by atoms with Gasteiger partial charge in [-0.15, -0.1) is 0 Å². The fraction of sp³-hybridized carbons (Fsp3) is 0.167. The highest BCUT2D eigenvalue weighted by Gasteiger charge is 2.24. The zero-order chi connectivity index (χ0) is 17.7. The Kier molecular flexibility index (Phi) is 4.85. The number of carbonyl (C=O) groups is 1. The quantitative estimate of drug-likeness (QED) is 0.455. The first-order valence-corrected chi connectivity index (χ1v) is 7.20. The molecule has 0 saturated heterocycles. The van der Waals surface area contributed by atoms with Gasteiger partial charge < -0.3 is 15.5 Å². The molecule has 1 aromatic carbocycles. The first-order valence-electron chi connectivity index (χ1n) is 7.20. The minimum absolute atomic E-state index is 0.114. The number of pyridine rings is 1. The van der Waals surface area contributed by atoms with Gasteiger partial charge in [0.05, 0.1) is 5.54 Å². The number of phenols is 2. The van der Waals surface area contributed by atoms with Crippen molar-refractivity contribution >= 4 is 12.0 Å². The number of nitriles is 1. The zero-order valence-electron chi connectivity index (χ0n) is 13.3. The van der Waals surface area contributed by atoms with Crippen molar-refractivity contribution in [2.75, 3.05) is 0 Å². The molecule has 0 aliphatic rings. The first-order chi connectivity index (χ1) is 11.3. The van der Waals surface area contributed by atoms with Crippen LogP contribution in [0.1, 0.15) is 25.0 Å². The Bertz CT molecular complexity index is 821. The van der Waals surface area contributed by atoms with Crippen LogP contribution >= 0.6 is 0 Å². The molecule has 0 unspecified atom stereocenters. The Labute approximate surface area is 139 Å². The smallest absolute Gasteiger partial charge is 0.262 e. The number of benzene rings is 1. The van der Waals surface area contributed by atoms with Crippen LogP contribution in [-0.2, 0) is 10.3 Å². The van der Waals surface area contributed by atoms with E-state index in [4.69, 9.17) is 0 Å². The van der Waals surface area contributed by atoms with E-state index in [1.807, 2.05) is 26.0 Å². The summed E-state index contributed by atoms with van der Waals surface area (Å²) in [5.41, 5.74) is 0.407. The molecule has 0 fully saturated rings. The molecular weight excluding hydrogens is 306 g/mol. The molecule has 0 aliphatic heterocycles. The number of rotatable bonds is 4. The summed E-state index contributed by atoms with van der Waals surface area (Å²) in [6.45, 7) is 3.62. The summed E-state index contributed by atoms with van der Waals surface area (Å²) in [6.07, 6.45) is 4.63. The molecule has 1 aromatic heterocycles. The lowest BCUT2D eigenvalue weighted by Crippen LogP contribution is -2.41. The number of nitrogens with zero attached hydrogens (tertiary/aromatic N) is 2. The van der Waals surface area contributed by atoms with Gasteiger partial charge in [0.25, 0.3) is 5.91 Å². The van der Waals surface area contributed by atoms with Gasteiger partial charge in [0.1, 0.15) is 11.6 Å². The topological polar surface area (TPSA) is 106 Å². The average Bonchev–Trinajstić information content (AvgIpc) is 2.56. The maximum absolute atomic E-state index is 12.4. The molecule has 0 saturated carbocycles. The number of hydrogen-bond acceptors (Lipinski definition) is 5. The summed E-state index contributed by atoms with van der Waals surface area (Å²) in [6, 6.07) is 9.50. The molecule has 24 heavy (non-hydrogen) atoms. The van der Waals surface area contributed by atoms with E-state index in [-0.39, 0.29) is 17.1 Å². The largest absolute Gasteiger partial charge is 0.504 e. The molecule has 0 bridgehead atoms. The Morgan fingerprint density at radius 1 is 1.29 bits per heavy atom. The van der Waals surface area contributed by atoms with Crippen molar-refractivity contribution in [1.29, 1.82) is 5.26 Å². The molecule has 2 aromatic rings. The summed E-state index contributed by atoms with van der Waals surface area (Å²) < 4.78 is 0. The standard InChI is InChI=1S/C18H17N3O3/c1-18(2,14-4-3-7-20-11-14)21-17(24)13(10-19)8-12-5-6-15(22)16(23)9-12/h3-9,11,22-23H,1-2H3,(H,21,24)/b13-8+. The number of phenolic OH excluding ortho intramolecular Hbond substituents is 2. The summed E-state index contributed by atoms with van der Waals surface area (Å²) in [5.74, 6) is -1.14. The molecule has 2 rings (SSSR count). The minimum atomic E-state index is -0.710. The van der Waals surface area contributed by atoms with E-state index in [1.165, 1.54) is 24.3 Å². The van der Waals surface area contributed by atoms with Crippen LogP contribution in [-0.4, -0.2) is 21.1 Å². The molecule has 6 heteroatoms. The maximum Gasteiger partial charge on any atom is 0.262 e. The summed E-state index contributed by atoms with van der Waals surface area (Å²) in [5, 5.41) is 30.8. The Hall–Kier alpha value is -3.33. The molecule has 3 N–H and O–H groups in total. The van der Waals surface area contributed by atoms with Gasteiger partial charge in [-0.2, -0.15) is 5.26 Å². The highest BCUT2D eigenvalue weighted by molar-refractivity contribution is 6.02. The van der Waals surface area contributed by atoms with E-state index in [1.54, 1.807) is 18.5 Å². The predicted molar refractivity (Wildman–Crippen MR) is 88.8 cm³/mol. The molecule has 0 aliphatic carbocycles. The van der Waals surface area contributed by atoms with Gasteiger partial charge in [0, 0.05) is 12.4 Å². The van der Waals surface area contributed by atoms with Crippen LogP contribution in [0.15, 0.2) is 48.3 Å². The van der Waals surface area contributed by atoms with Gasteiger partial charge in [-0.05, 0) is 49.2 Å². The van der Waals surface area contributed by atoms with Gasteiger partial charge in [-0.1, -0.05) is 12.1 Å². The van der Waals surface area contributed by atoms with Gasteiger partial charge in [0.15, 0.2) is 11.5 Å². The number of amides is 1. The van der Waals surface area contributed by atoms with Crippen LogP contribution < -0.4 is 5.32 Å². The van der Waals surface area contributed by atoms with Crippen molar-refractivity contribution in [3.63, 3.8) is 0 Å². The van der Waals surface area contributed by atoms with Gasteiger partial charge in [-0.25, -0.2) is 0 Å². The second-order valence-corrected chi connectivity index (χ2v) is 5.74. The van der Waals surface area contributed by atoms with Crippen LogP contribution in [0.3, 0.4) is 0 Å². The highest BCUT2D eigenvalue weighted by Crippen LogP contribution is 2.26. The number of aromatic hydroxyl groups is 2. The average molecular weight is 323 g/mol. The molecule has 0 atom stereocenters. The Morgan fingerprint density at radius 2 is 2.04 bits per heavy atom. The third-order valence-electron chi connectivity index (χ3n) is 3.48. The lowest BCUT2D eigenvalue weighted by atomic mass is 9.95. The SMILES string of the molecule is CC(C)(NC(=O)/C(C#N)=C/c1ccc(O)c(O)c1)c1cccnc1. The van der Waals surface area contributed by atoms with E-state index >= 15 is 0 Å². The third-order valence-corrected chi connectivity index (χ3v) is 3.48. The van der Waals surface area contributed by atoms with Crippen molar-refractivity contribution in [1.82, 2.24) is 10.3 Å². The number of nitrogens with one attached hydrogen (secondary N) is 1. The van der Waals surface area contributed by atoms with E-state index in [2.05, 4.69) is 10.3 Å². The maximum atomic E-state index is 12.4. The minimum Gasteiger partial charge on any atom is -0.504 e. The summed E-state index contributed by atoms with van der Waals surface area (Å²) in [7, 11) is 0. The van der Waals surface area contributed by atoms with Gasteiger partial charge in [-0.3, -0.25) is 9.78 Å². The third kappa shape index (κ3) is 3.90. The summed E-state index contributed by atoms with van der Waals surface area (Å²) in [4.78, 5) is 16.4. The van der Waals surface area contributed by atoms with Crippen LogP contribution in [0.2, 0.25) is 0 Å². The monoisotopic (exact) mass is 323 g/mol. The summed E-state index contributed by atoms with van der Waals surface area (Å²) >= 11 is 0. The predicted octanol–water partition coefficient (Wildman–Crippen LogP) is 2.45. The normalized spacial score (nSPS) is 11.6. The van der Waals surface area contributed by atoms with Crippen LogP contribution in [0.4, 0.5) is 0 Å². The first kappa shape index (κ1) is 17.0. The van der Waals surface area contributed by atoms with Gasteiger partial charge >= 0.3 is 0 Å². The second kappa shape index (κ2) is 6.84. The molecule has 122 valence electrons. The molecule has 1 heterocycles. The fourth-order valence-corrected chi connectivity index (χ4v) is 2.10. The molecule has 6 nitrogen and oxygen atoms in total. The van der Waals surface area contributed by atoms with Crippen molar-refractivity contribution in [2.24, 2.45) is 0 Å². The Balaban J connectivity index is 2.24. The van der Waals surface area contributed by atoms with Crippen molar-refractivity contribution in [3.05, 3.63) is 59.4 Å².